The number of aromatic nitrogens is 5. The Kier molecular flexibility index (Phi) is 5.75. The number of nitrogens with one attached hydrogen (secondary N) is 1. The smallest absolute Gasteiger partial charge is 0.205 e. The molecule has 0 radical (unpaired) electrons. The van der Waals surface area contributed by atoms with E-state index in [1.165, 1.54) is 15.7 Å². The molecule has 3 heterocycles. The number of hydrogen-bond acceptors (Lipinski definition) is 9. The third kappa shape index (κ3) is 4.38. The highest BCUT2D eigenvalue weighted by atomic mass is 33.1. The number of H-pyrrole nitrogens is 1. The number of hydrogen-bond donors (Lipinski definition) is 2. The molecule has 26 heavy (non-hydrogen) atoms. The van der Waals surface area contributed by atoms with Crippen molar-refractivity contribution in [3.8, 4) is 0 Å². The van der Waals surface area contributed by atoms with Crippen molar-refractivity contribution >= 4 is 77.3 Å². The minimum atomic E-state index is 0.481. The van der Waals surface area contributed by atoms with E-state index in [1.807, 2.05) is 12.1 Å². The first-order valence-electron chi connectivity index (χ1n) is 7.38. The van der Waals surface area contributed by atoms with Crippen LogP contribution in [0.1, 0.15) is 0 Å². The quantitative estimate of drug-likeness (QED) is 0.277. The van der Waals surface area contributed by atoms with Crippen LogP contribution in [0.3, 0.4) is 0 Å². The van der Waals surface area contributed by atoms with Gasteiger partial charge < -0.3 is 0 Å². The zero-order chi connectivity index (χ0) is 17.8. The Hall–Kier alpha value is -1.59. The van der Waals surface area contributed by atoms with E-state index in [0.29, 0.717) is 5.16 Å². The highest BCUT2D eigenvalue weighted by Gasteiger charge is 2.08. The van der Waals surface area contributed by atoms with Gasteiger partial charge in [-0.25, -0.2) is 15.0 Å². The van der Waals surface area contributed by atoms with Crippen LogP contribution in [0.5, 0.6) is 0 Å². The molecule has 5 nitrogen and oxygen atoms in total. The normalized spacial score (nSPS) is 10.8. The fourth-order valence-corrected chi connectivity index (χ4v) is 6.66. The molecule has 0 aliphatic heterocycles. The summed E-state index contributed by atoms with van der Waals surface area (Å²) in [6.45, 7) is 0. The molecular formula is C16H11N5S5. The average Bonchev–Trinajstić information content (AvgIpc) is 3.38. The molecular weight excluding hydrogens is 423 g/mol. The summed E-state index contributed by atoms with van der Waals surface area (Å²) in [7, 11) is 3.37. The number of rotatable bonds is 3. The van der Waals surface area contributed by atoms with E-state index in [-0.39, 0.29) is 0 Å². The summed E-state index contributed by atoms with van der Waals surface area (Å²) in [5.41, 5.74) is 2.15. The van der Waals surface area contributed by atoms with Crippen molar-refractivity contribution in [1.82, 2.24) is 25.1 Å². The van der Waals surface area contributed by atoms with Crippen molar-refractivity contribution in [2.24, 2.45) is 0 Å². The Morgan fingerprint density at radius 3 is 1.73 bits per heavy atom. The monoisotopic (exact) mass is 433 g/mol. The number of aromatic amines is 1. The number of benzene rings is 2. The van der Waals surface area contributed by atoms with Gasteiger partial charge in [0.1, 0.15) is 6.33 Å². The van der Waals surface area contributed by atoms with Gasteiger partial charge in [-0.05, 0) is 45.9 Å². The Bertz CT molecular complexity index is 978. The number of fused-ring (bicyclic) bond motifs is 2. The zero-order valence-corrected chi connectivity index (χ0v) is 17.2. The molecule has 0 atom stereocenters. The third-order valence-corrected chi connectivity index (χ3v) is 8.39. The van der Waals surface area contributed by atoms with Gasteiger partial charge in [0.05, 0.1) is 20.4 Å². The standard InChI is InChI=1S/C14H8N2S4.C2H3N3S/c1-3-7-11-9(5-1)15-13(17-11)19-20-14-16-10-6-2-4-8-12(10)18-14;6-2-3-1-4-5-2/h1-8H;1H,(H2,3,4,5,6). The van der Waals surface area contributed by atoms with E-state index >= 15 is 0 Å². The van der Waals surface area contributed by atoms with Crippen LogP contribution in [0.25, 0.3) is 20.4 Å². The van der Waals surface area contributed by atoms with Gasteiger partial charge in [0.2, 0.25) is 5.16 Å². The van der Waals surface area contributed by atoms with E-state index in [2.05, 4.69) is 74.2 Å². The van der Waals surface area contributed by atoms with Gasteiger partial charge >= 0.3 is 0 Å². The summed E-state index contributed by atoms with van der Waals surface area (Å²) >= 11 is 7.24. The molecule has 3 aromatic heterocycles. The maximum atomic E-state index is 4.62. The third-order valence-electron chi connectivity index (χ3n) is 3.14. The van der Waals surface area contributed by atoms with Gasteiger partial charge in [-0.3, -0.25) is 5.10 Å². The first-order valence-corrected chi connectivity index (χ1v) is 11.6. The molecule has 0 aliphatic rings. The van der Waals surface area contributed by atoms with Crippen LogP contribution >= 0.6 is 56.9 Å². The summed E-state index contributed by atoms with van der Waals surface area (Å²) in [5.74, 6) is 0. The second-order valence-corrected chi connectivity index (χ2v) is 9.95. The molecule has 5 aromatic rings. The Morgan fingerprint density at radius 2 is 1.35 bits per heavy atom. The van der Waals surface area contributed by atoms with Crippen LogP contribution < -0.4 is 0 Å². The second-order valence-electron chi connectivity index (χ2n) is 4.86. The predicted molar refractivity (Wildman–Crippen MR) is 115 cm³/mol. The number of nitrogens with zero attached hydrogens (tertiary/aromatic N) is 4. The molecule has 5 rings (SSSR count). The zero-order valence-electron chi connectivity index (χ0n) is 13.1. The van der Waals surface area contributed by atoms with E-state index in [1.54, 1.807) is 44.3 Å². The fraction of sp³-hybridized carbons (Fsp3) is 0. The van der Waals surface area contributed by atoms with Crippen LogP contribution in [0.4, 0.5) is 0 Å². The Labute approximate surface area is 170 Å². The molecule has 1 N–H and O–H groups in total. The van der Waals surface area contributed by atoms with Crippen LogP contribution in [-0.4, -0.2) is 25.1 Å². The molecule has 0 bridgehead atoms. The molecule has 0 amide bonds. The van der Waals surface area contributed by atoms with Gasteiger partial charge in [-0.15, -0.1) is 40.4 Å². The largest absolute Gasteiger partial charge is 0.265 e. The van der Waals surface area contributed by atoms with E-state index in [4.69, 9.17) is 0 Å². The maximum absolute atomic E-state index is 4.62. The van der Waals surface area contributed by atoms with Crippen molar-refractivity contribution in [3.63, 3.8) is 0 Å². The molecule has 10 heteroatoms. The van der Waals surface area contributed by atoms with Gasteiger partial charge in [0.25, 0.3) is 0 Å². The van der Waals surface area contributed by atoms with E-state index < -0.39 is 0 Å². The van der Waals surface area contributed by atoms with Crippen LogP contribution in [0.2, 0.25) is 0 Å². The van der Waals surface area contributed by atoms with Crippen molar-refractivity contribution < 1.29 is 0 Å². The van der Waals surface area contributed by atoms with Crippen molar-refractivity contribution in [2.75, 3.05) is 0 Å². The Morgan fingerprint density at radius 1 is 0.808 bits per heavy atom. The predicted octanol–water partition coefficient (Wildman–Crippen LogP) is 5.80. The minimum Gasteiger partial charge on any atom is -0.265 e. The van der Waals surface area contributed by atoms with Crippen LogP contribution in [0.15, 0.2) is 68.7 Å². The summed E-state index contributed by atoms with van der Waals surface area (Å²) < 4.78 is 4.63. The minimum absolute atomic E-state index is 0.481. The lowest BCUT2D eigenvalue weighted by Gasteiger charge is -1.90. The molecule has 130 valence electrons. The molecule has 0 saturated carbocycles. The summed E-state index contributed by atoms with van der Waals surface area (Å²) in [6, 6.07) is 16.5. The first kappa shape index (κ1) is 17.8. The highest BCUT2D eigenvalue weighted by molar-refractivity contribution is 8.77. The van der Waals surface area contributed by atoms with E-state index in [9.17, 15) is 0 Å². The number of thiol groups is 1. The van der Waals surface area contributed by atoms with Crippen molar-refractivity contribution in [2.45, 2.75) is 13.8 Å². The molecule has 0 aliphatic carbocycles. The van der Waals surface area contributed by atoms with Gasteiger partial charge in [-0.1, -0.05) is 24.3 Å². The lowest BCUT2D eigenvalue weighted by molar-refractivity contribution is 0.980. The van der Waals surface area contributed by atoms with Crippen molar-refractivity contribution in [3.05, 3.63) is 54.9 Å². The summed E-state index contributed by atoms with van der Waals surface area (Å²) in [5, 5.41) is 6.52. The SMILES string of the molecule is Sc1nc[nH]n1.c1ccc2sc(SSc3nc4ccccc4s3)nc2c1. The van der Waals surface area contributed by atoms with Crippen molar-refractivity contribution in [1.29, 1.82) is 0 Å². The summed E-state index contributed by atoms with van der Waals surface area (Å²) in [4.78, 5) is 12.9. The van der Waals surface area contributed by atoms with Crippen LogP contribution in [0, 0.1) is 0 Å². The molecule has 2 aromatic carbocycles. The van der Waals surface area contributed by atoms with Gasteiger partial charge in [0.15, 0.2) is 8.68 Å². The Balaban J connectivity index is 0.000000240. The number of para-hydroxylation sites is 2. The molecule has 0 fully saturated rings. The van der Waals surface area contributed by atoms with Gasteiger partial charge in [0, 0.05) is 0 Å². The number of thiazole rings is 2. The lowest BCUT2D eigenvalue weighted by Crippen LogP contribution is -1.67. The fourth-order valence-electron chi connectivity index (χ4n) is 2.05. The first-order chi connectivity index (χ1) is 12.8. The van der Waals surface area contributed by atoms with E-state index in [0.717, 1.165) is 19.7 Å². The highest BCUT2D eigenvalue weighted by Crippen LogP contribution is 2.43. The van der Waals surface area contributed by atoms with Crippen LogP contribution in [-0.2, 0) is 0 Å². The second kappa shape index (κ2) is 8.40. The lowest BCUT2D eigenvalue weighted by atomic mass is 10.3. The summed E-state index contributed by atoms with van der Waals surface area (Å²) in [6.07, 6.45) is 1.47. The van der Waals surface area contributed by atoms with Gasteiger partial charge in [-0.2, -0.15) is 0 Å². The molecule has 0 spiro atoms. The molecule has 0 saturated heterocycles. The average molecular weight is 434 g/mol. The topological polar surface area (TPSA) is 67.3 Å². The maximum Gasteiger partial charge on any atom is 0.205 e. The molecule has 0 unspecified atom stereocenters.